The summed E-state index contributed by atoms with van der Waals surface area (Å²) in [6.45, 7) is 13.5. The standard InChI is InChI=1S/C22H31N5O2.C4H10O.CH2O/c1-4-6-17(5-2)25-20-12-15(7-10-24-20)19-11-16(22(28)29-3)13-21(27-19)26-18-8-9-23-14-18;1-4(2,3)5;1-2/h7,10-13,17-18,23H,4-6,8-9,14H2,1-3H3,(H,24,25)(H,26,27);5H,1-3H3;1H2/t17?,18-;;/m1../s1. The van der Waals surface area contributed by atoms with Crippen molar-refractivity contribution in [2.45, 2.75) is 78.0 Å². The van der Waals surface area contributed by atoms with Crippen LogP contribution in [0.5, 0.6) is 0 Å². The molecule has 0 amide bonds. The van der Waals surface area contributed by atoms with Crippen molar-refractivity contribution in [2.24, 2.45) is 0 Å². The predicted octanol–water partition coefficient (Wildman–Crippen LogP) is 4.29. The van der Waals surface area contributed by atoms with Crippen molar-refractivity contribution >= 4 is 24.4 Å². The van der Waals surface area contributed by atoms with Gasteiger partial charge in [-0.2, -0.15) is 0 Å². The van der Waals surface area contributed by atoms with E-state index >= 15 is 0 Å². The van der Waals surface area contributed by atoms with Gasteiger partial charge in [-0.25, -0.2) is 14.8 Å². The molecular formula is C27H43N5O4. The lowest BCUT2D eigenvalue weighted by molar-refractivity contribution is -0.0980. The zero-order valence-electron chi connectivity index (χ0n) is 22.6. The number of carbonyl (C=O) groups excluding carboxylic acids is 2. The molecule has 36 heavy (non-hydrogen) atoms. The van der Waals surface area contributed by atoms with E-state index in [0.29, 0.717) is 23.5 Å². The zero-order valence-corrected chi connectivity index (χ0v) is 22.6. The second-order valence-corrected chi connectivity index (χ2v) is 9.59. The molecule has 1 aliphatic rings. The summed E-state index contributed by atoms with van der Waals surface area (Å²) in [5.74, 6) is 1.13. The Balaban J connectivity index is 0.000000826. The fourth-order valence-corrected chi connectivity index (χ4v) is 3.58. The molecule has 1 saturated heterocycles. The Morgan fingerprint density at radius 2 is 1.94 bits per heavy atom. The van der Waals surface area contributed by atoms with Gasteiger partial charge < -0.3 is 30.6 Å². The molecule has 2 atom stereocenters. The van der Waals surface area contributed by atoms with Gasteiger partial charge in [-0.1, -0.05) is 20.3 Å². The summed E-state index contributed by atoms with van der Waals surface area (Å²) >= 11 is 0. The summed E-state index contributed by atoms with van der Waals surface area (Å²) in [6, 6.07) is 8.12. The molecule has 2 aromatic heterocycles. The van der Waals surface area contributed by atoms with Crippen molar-refractivity contribution in [3.05, 3.63) is 36.0 Å². The number of ether oxygens (including phenoxy) is 1. The number of aromatic nitrogens is 2. The quantitative estimate of drug-likeness (QED) is 0.372. The van der Waals surface area contributed by atoms with Gasteiger partial charge >= 0.3 is 5.97 Å². The first-order valence-corrected chi connectivity index (χ1v) is 12.4. The first-order chi connectivity index (χ1) is 17.1. The van der Waals surface area contributed by atoms with Crippen LogP contribution in [0.1, 0.15) is 70.7 Å². The summed E-state index contributed by atoms with van der Waals surface area (Å²) in [6.07, 6.45) is 6.07. The fourth-order valence-electron chi connectivity index (χ4n) is 3.58. The lowest BCUT2D eigenvalue weighted by Gasteiger charge is -2.17. The molecule has 200 valence electrons. The second kappa shape index (κ2) is 15.9. The monoisotopic (exact) mass is 501 g/mol. The molecule has 0 bridgehead atoms. The molecule has 0 aromatic carbocycles. The highest BCUT2D eigenvalue weighted by Gasteiger charge is 2.17. The minimum Gasteiger partial charge on any atom is -0.465 e. The minimum absolute atomic E-state index is 0.303. The van der Waals surface area contributed by atoms with Gasteiger partial charge in [0.25, 0.3) is 0 Å². The van der Waals surface area contributed by atoms with Gasteiger partial charge in [0.2, 0.25) is 0 Å². The van der Waals surface area contributed by atoms with Crippen molar-refractivity contribution in [3.8, 4) is 11.3 Å². The third kappa shape index (κ3) is 11.6. The highest BCUT2D eigenvalue weighted by molar-refractivity contribution is 5.91. The molecule has 9 nitrogen and oxygen atoms in total. The van der Waals surface area contributed by atoms with Gasteiger partial charge in [-0.3, -0.25) is 0 Å². The first-order valence-electron chi connectivity index (χ1n) is 12.4. The SMILES string of the molecule is C=O.CC(C)(C)O.CCCC(CC)Nc1cc(-c2cc(C(=O)OC)cc(N[C@@H]3CCNC3)n2)ccn1. The normalized spacial score (nSPS) is 15.5. The third-order valence-corrected chi connectivity index (χ3v) is 5.20. The van der Waals surface area contributed by atoms with E-state index in [-0.39, 0.29) is 5.97 Å². The number of anilines is 2. The van der Waals surface area contributed by atoms with Crippen molar-refractivity contribution in [1.82, 2.24) is 15.3 Å². The molecule has 2 aromatic rings. The molecule has 1 aliphatic heterocycles. The van der Waals surface area contributed by atoms with Crippen LogP contribution in [0.4, 0.5) is 11.6 Å². The highest BCUT2D eigenvalue weighted by Crippen LogP contribution is 2.25. The zero-order chi connectivity index (χ0) is 27.1. The summed E-state index contributed by atoms with van der Waals surface area (Å²) in [4.78, 5) is 29.4. The molecule has 1 unspecified atom stereocenters. The number of pyridine rings is 2. The molecule has 0 saturated carbocycles. The largest absolute Gasteiger partial charge is 0.465 e. The number of aliphatic hydroxyl groups is 1. The lowest BCUT2D eigenvalue weighted by Crippen LogP contribution is -2.23. The van der Waals surface area contributed by atoms with E-state index in [1.807, 2.05) is 18.9 Å². The number of nitrogens with one attached hydrogen (secondary N) is 3. The van der Waals surface area contributed by atoms with E-state index in [1.54, 1.807) is 39.1 Å². The number of nitrogens with zero attached hydrogens (tertiary/aromatic N) is 2. The Hall–Kier alpha value is -3.04. The van der Waals surface area contributed by atoms with Crippen LogP contribution in [-0.4, -0.2) is 65.7 Å². The van der Waals surface area contributed by atoms with Crippen molar-refractivity contribution in [2.75, 3.05) is 30.8 Å². The van der Waals surface area contributed by atoms with Crippen LogP contribution >= 0.6 is 0 Å². The molecule has 0 spiro atoms. The molecule has 4 N–H and O–H groups in total. The van der Waals surface area contributed by atoms with Gasteiger partial charge in [-0.15, -0.1) is 0 Å². The van der Waals surface area contributed by atoms with Gasteiger partial charge in [0, 0.05) is 30.4 Å². The Labute approximate surface area is 215 Å². The van der Waals surface area contributed by atoms with E-state index in [4.69, 9.17) is 19.6 Å². The van der Waals surface area contributed by atoms with Gasteiger partial charge in [0.15, 0.2) is 0 Å². The van der Waals surface area contributed by atoms with Crippen LogP contribution < -0.4 is 16.0 Å². The van der Waals surface area contributed by atoms with E-state index < -0.39 is 5.60 Å². The molecule has 0 aliphatic carbocycles. The molecular weight excluding hydrogens is 458 g/mol. The van der Waals surface area contributed by atoms with Crippen LogP contribution in [0.2, 0.25) is 0 Å². The van der Waals surface area contributed by atoms with Gasteiger partial charge in [0.05, 0.1) is 24.0 Å². The van der Waals surface area contributed by atoms with E-state index in [2.05, 4.69) is 34.8 Å². The smallest absolute Gasteiger partial charge is 0.338 e. The maximum atomic E-state index is 12.2. The van der Waals surface area contributed by atoms with Crippen LogP contribution in [-0.2, 0) is 9.53 Å². The first kappa shape index (κ1) is 31.0. The summed E-state index contributed by atoms with van der Waals surface area (Å²) in [5, 5.41) is 18.8. The Kier molecular flexibility index (Phi) is 13.6. The average molecular weight is 502 g/mol. The number of rotatable bonds is 9. The fraction of sp³-hybridized carbons (Fsp3) is 0.556. The third-order valence-electron chi connectivity index (χ3n) is 5.20. The molecule has 3 rings (SSSR count). The maximum absolute atomic E-state index is 12.2. The number of carbonyl (C=O) groups is 2. The number of hydrogen-bond donors (Lipinski definition) is 4. The Morgan fingerprint density at radius 3 is 2.50 bits per heavy atom. The molecule has 3 heterocycles. The van der Waals surface area contributed by atoms with Crippen LogP contribution in [0.25, 0.3) is 11.3 Å². The minimum atomic E-state index is -0.500. The van der Waals surface area contributed by atoms with Crippen LogP contribution in [0.3, 0.4) is 0 Å². The summed E-state index contributed by atoms with van der Waals surface area (Å²) < 4.78 is 4.94. The maximum Gasteiger partial charge on any atom is 0.338 e. The van der Waals surface area contributed by atoms with Crippen molar-refractivity contribution in [1.29, 1.82) is 0 Å². The number of esters is 1. The van der Waals surface area contributed by atoms with Gasteiger partial charge in [0.1, 0.15) is 18.4 Å². The van der Waals surface area contributed by atoms with Crippen molar-refractivity contribution < 1.29 is 19.4 Å². The Morgan fingerprint density at radius 1 is 1.25 bits per heavy atom. The predicted molar refractivity (Wildman–Crippen MR) is 145 cm³/mol. The van der Waals surface area contributed by atoms with Crippen LogP contribution in [0, 0.1) is 0 Å². The summed E-state index contributed by atoms with van der Waals surface area (Å²) in [7, 11) is 1.39. The number of hydrogen-bond acceptors (Lipinski definition) is 9. The molecule has 0 radical (unpaired) electrons. The molecule has 1 fully saturated rings. The average Bonchev–Trinajstić information content (AvgIpc) is 3.36. The molecule has 9 heteroatoms. The summed E-state index contributed by atoms with van der Waals surface area (Å²) in [5.41, 5.74) is 1.61. The second-order valence-electron chi connectivity index (χ2n) is 9.59. The highest BCUT2D eigenvalue weighted by atomic mass is 16.5. The van der Waals surface area contributed by atoms with E-state index in [0.717, 1.165) is 55.8 Å². The van der Waals surface area contributed by atoms with E-state index in [9.17, 15) is 4.79 Å². The van der Waals surface area contributed by atoms with Crippen molar-refractivity contribution in [3.63, 3.8) is 0 Å². The van der Waals surface area contributed by atoms with E-state index in [1.165, 1.54) is 7.11 Å². The van der Waals surface area contributed by atoms with Crippen LogP contribution in [0.15, 0.2) is 30.5 Å². The Bertz CT molecular complexity index is 921. The number of methoxy groups -OCH3 is 1. The lowest BCUT2D eigenvalue weighted by atomic mass is 10.1. The topological polar surface area (TPSA) is 125 Å². The van der Waals surface area contributed by atoms with Gasteiger partial charge in [-0.05, 0) is 70.8 Å².